The minimum atomic E-state index is -1.88. The Labute approximate surface area is 255 Å². The summed E-state index contributed by atoms with van der Waals surface area (Å²) in [5, 5.41) is 96.6. The topological polar surface area (TPSA) is 289 Å². The maximum Gasteiger partial charge on any atom is 0.269 e. The van der Waals surface area contributed by atoms with Gasteiger partial charge in [0.25, 0.3) is 5.69 Å². The standard InChI is InChI=1S/C26H38N2O17/c1-9-16(32)19(35)21(37)25(40-9)45-23-20(36)17(33)13(7-29)43-26(23)44-22-15(27-10(2)31)24(42-14(8-30)18(22)34)41-12-5-3-11(4-6-12)28(38)39/h3-6,9,13-26,29-30,32-37H,7-8H2,1-2H3,(H,27,31)/t9?,13?,14?,15?,16-,17+,18+,19+,20+,21?,22-,23?,24-,25+,26+/m1/s1. The highest BCUT2D eigenvalue weighted by atomic mass is 16.8. The van der Waals surface area contributed by atoms with E-state index in [-0.39, 0.29) is 11.4 Å². The van der Waals surface area contributed by atoms with Crippen molar-refractivity contribution in [2.75, 3.05) is 13.2 Å². The minimum absolute atomic E-state index is 0.0418. The fraction of sp³-hybridized carbons (Fsp3) is 0.731. The molecule has 0 aliphatic carbocycles. The number of nitrogens with zero attached hydrogens (tertiary/aromatic N) is 1. The Morgan fingerprint density at radius 3 is 1.96 bits per heavy atom. The quantitative estimate of drug-likeness (QED) is 0.0853. The molecule has 1 aromatic carbocycles. The normalized spacial score (nSPS) is 42.1. The van der Waals surface area contributed by atoms with E-state index in [4.69, 9.17) is 28.4 Å². The van der Waals surface area contributed by atoms with Crippen LogP contribution in [0.1, 0.15) is 13.8 Å². The van der Waals surface area contributed by atoms with Gasteiger partial charge >= 0.3 is 0 Å². The van der Waals surface area contributed by atoms with Crippen LogP contribution in [0.2, 0.25) is 0 Å². The van der Waals surface area contributed by atoms with Gasteiger partial charge in [0.05, 0.1) is 24.2 Å². The maximum atomic E-state index is 12.2. The van der Waals surface area contributed by atoms with Gasteiger partial charge in [-0.1, -0.05) is 0 Å². The van der Waals surface area contributed by atoms with Crippen molar-refractivity contribution < 1.29 is 79.0 Å². The predicted molar refractivity (Wildman–Crippen MR) is 143 cm³/mol. The second-order valence-corrected chi connectivity index (χ2v) is 10.9. The van der Waals surface area contributed by atoms with Gasteiger partial charge in [0.1, 0.15) is 72.8 Å². The number of aliphatic hydroxyl groups is 8. The summed E-state index contributed by atoms with van der Waals surface area (Å²) in [5.41, 5.74) is -0.238. The molecule has 15 atom stereocenters. The van der Waals surface area contributed by atoms with Gasteiger partial charge in [-0.25, -0.2) is 0 Å². The fourth-order valence-corrected chi connectivity index (χ4v) is 5.25. The average molecular weight is 651 g/mol. The second kappa shape index (κ2) is 14.9. The van der Waals surface area contributed by atoms with Crippen LogP contribution >= 0.6 is 0 Å². The number of nitrogens with one attached hydrogen (secondary N) is 1. The maximum absolute atomic E-state index is 12.2. The first-order valence-corrected chi connectivity index (χ1v) is 14.0. The third-order valence-electron chi connectivity index (χ3n) is 7.74. The van der Waals surface area contributed by atoms with Crippen molar-refractivity contribution in [3.05, 3.63) is 34.4 Å². The number of aliphatic hydroxyl groups excluding tert-OH is 8. The van der Waals surface area contributed by atoms with E-state index in [0.29, 0.717) is 0 Å². The van der Waals surface area contributed by atoms with E-state index in [2.05, 4.69) is 5.32 Å². The zero-order valence-electron chi connectivity index (χ0n) is 24.1. The summed E-state index contributed by atoms with van der Waals surface area (Å²) in [4.78, 5) is 22.6. The number of nitro benzene ring substituents is 1. The molecule has 19 heteroatoms. The van der Waals surface area contributed by atoms with Crippen molar-refractivity contribution >= 4 is 11.6 Å². The molecule has 0 aromatic heterocycles. The molecule has 0 spiro atoms. The van der Waals surface area contributed by atoms with Crippen LogP contribution in [-0.4, -0.2) is 157 Å². The van der Waals surface area contributed by atoms with Gasteiger partial charge in [0, 0.05) is 19.1 Å². The molecule has 6 unspecified atom stereocenters. The lowest BCUT2D eigenvalue weighted by atomic mass is 9.95. The van der Waals surface area contributed by atoms with Gasteiger partial charge in [-0.3, -0.25) is 14.9 Å². The second-order valence-electron chi connectivity index (χ2n) is 10.9. The van der Waals surface area contributed by atoms with Crippen molar-refractivity contribution in [1.29, 1.82) is 0 Å². The molecule has 3 heterocycles. The lowest BCUT2D eigenvalue weighted by Gasteiger charge is -2.49. The Balaban J connectivity index is 1.64. The van der Waals surface area contributed by atoms with E-state index in [1.54, 1.807) is 0 Å². The molecule has 3 aliphatic rings. The van der Waals surface area contributed by atoms with Crippen molar-refractivity contribution in [3.8, 4) is 5.75 Å². The molecule has 0 bridgehead atoms. The largest absolute Gasteiger partial charge is 0.463 e. The molecule has 3 fully saturated rings. The van der Waals surface area contributed by atoms with Crippen molar-refractivity contribution in [3.63, 3.8) is 0 Å². The Morgan fingerprint density at radius 2 is 1.38 bits per heavy atom. The molecule has 4 rings (SSSR count). The number of nitro groups is 1. The first kappa shape index (κ1) is 35.2. The Bertz CT molecular complexity index is 1140. The molecule has 0 radical (unpaired) electrons. The molecule has 1 aromatic rings. The first-order valence-electron chi connectivity index (χ1n) is 14.0. The summed E-state index contributed by atoms with van der Waals surface area (Å²) in [7, 11) is 0. The van der Waals surface area contributed by atoms with Gasteiger partial charge in [-0.15, -0.1) is 0 Å². The van der Waals surface area contributed by atoms with E-state index in [1.807, 2.05) is 0 Å². The highest BCUT2D eigenvalue weighted by molar-refractivity contribution is 5.73. The molecular weight excluding hydrogens is 612 g/mol. The van der Waals surface area contributed by atoms with E-state index >= 15 is 0 Å². The Kier molecular flexibility index (Phi) is 11.6. The number of hydrogen-bond donors (Lipinski definition) is 9. The van der Waals surface area contributed by atoms with Gasteiger partial charge < -0.3 is 74.6 Å². The third kappa shape index (κ3) is 7.68. The summed E-state index contributed by atoms with van der Waals surface area (Å²) in [6.07, 6.45) is -22.6. The summed E-state index contributed by atoms with van der Waals surface area (Å²) < 4.78 is 34.3. The fourth-order valence-electron chi connectivity index (χ4n) is 5.25. The zero-order chi connectivity index (χ0) is 33.2. The highest BCUT2D eigenvalue weighted by Gasteiger charge is 2.54. The van der Waals surface area contributed by atoms with Crippen LogP contribution in [0, 0.1) is 10.1 Å². The van der Waals surface area contributed by atoms with E-state index in [0.717, 1.165) is 19.1 Å². The number of benzene rings is 1. The average Bonchev–Trinajstić information content (AvgIpc) is 3.00. The lowest BCUT2D eigenvalue weighted by Crippen LogP contribution is -2.69. The van der Waals surface area contributed by atoms with Gasteiger partial charge in [0.15, 0.2) is 12.6 Å². The molecule has 3 aliphatic heterocycles. The Morgan fingerprint density at radius 1 is 0.800 bits per heavy atom. The van der Waals surface area contributed by atoms with Crippen molar-refractivity contribution in [2.45, 2.75) is 106 Å². The van der Waals surface area contributed by atoms with Crippen LogP contribution in [0.4, 0.5) is 5.69 Å². The summed E-state index contributed by atoms with van der Waals surface area (Å²) >= 11 is 0. The van der Waals surface area contributed by atoms with Crippen molar-refractivity contribution in [2.24, 2.45) is 0 Å². The number of carbonyl (C=O) groups is 1. The molecule has 1 amide bonds. The molecule has 19 nitrogen and oxygen atoms in total. The number of amides is 1. The summed E-state index contributed by atoms with van der Waals surface area (Å²) in [6, 6.07) is 3.41. The van der Waals surface area contributed by atoms with Crippen molar-refractivity contribution in [1.82, 2.24) is 5.32 Å². The van der Waals surface area contributed by atoms with Crippen LogP contribution in [0.5, 0.6) is 5.75 Å². The molecule has 254 valence electrons. The van der Waals surface area contributed by atoms with Crippen LogP contribution in [0.25, 0.3) is 0 Å². The van der Waals surface area contributed by atoms with Crippen LogP contribution in [0.15, 0.2) is 24.3 Å². The monoisotopic (exact) mass is 650 g/mol. The first-order chi connectivity index (χ1) is 21.3. The third-order valence-corrected chi connectivity index (χ3v) is 7.74. The highest BCUT2D eigenvalue weighted by Crippen LogP contribution is 2.33. The van der Waals surface area contributed by atoms with Crippen LogP contribution in [-0.2, 0) is 28.5 Å². The van der Waals surface area contributed by atoms with Crippen LogP contribution < -0.4 is 10.1 Å². The number of rotatable bonds is 10. The Hall–Kier alpha value is -2.63. The zero-order valence-corrected chi connectivity index (χ0v) is 24.1. The lowest BCUT2D eigenvalue weighted by molar-refractivity contribution is -0.384. The molecule has 0 saturated carbocycles. The smallest absolute Gasteiger partial charge is 0.269 e. The SMILES string of the molecule is CC(=O)NC1[C@H](Oc2ccc([N+](=O)[O-])cc2)OC(CO)[C@H](O)[C@@H]1O[C@@H]1OC(CO)[C@H](O)[C@H](O)C1O[C@@H]1OC(C)[C@@H](O)[C@H](O)C1O. The predicted octanol–water partition coefficient (Wildman–Crippen LogP) is -4.41. The molecule has 9 N–H and O–H groups in total. The number of non-ortho nitro benzene ring substituents is 1. The summed E-state index contributed by atoms with van der Waals surface area (Å²) in [6.45, 7) is 0.926. The number of carbonyl (C=O) groups excluding carboxylic acids is 1. The van der Waals surface area contributed by atoms with Gasteiger partial charge in [-0.05, 0) is 19.1 Å². The molecule has 3 saturated heterocycles. The van der Waals surface area contributed by atoms with E-state index in [1.165, 1.54) is 19.1 Å². The van der Waals surface area contributed by atoms with E-state index < -0.39 is 116 Å². The van der Waals surface area contributed by atoms with Gasteiger partial charge in [0.2, 0.25) is 12.2 Å². The minimum Gasteiger partial charge on any atom is -0.463 e. The van der Waals surface area contributed by atoms with E-state index in [9.17, 15) is 55.8 Å². The van der Waals surface area contributed by atoms with Crippen LogP contribution in [0.3, 0.4) is 0 Å². The number of ether oxygens (including phenoxy) is 6. The molecular formula is C26H38N2O17. The summed E-state index contributed by atoms with van der Waals surface area (Å²) in [5.74, 6) is -0.606. The number of hydrogen-bond acceptors (Lipinski definition) is 17. The van der Waals surface area contributed by atoms with Gasteiger partial charge in [-0.2, -0.15) is 0 Å². The molecule has 45 heavy (non-hydrogen) atoms.